The number of carbonyl (C=O) groups is 1. The van der Waals surface area contributed by atoms with Crippen LogP contribution in [0.25, 0.3) is 0 Å². The Kier molecular flexibility index (Phi) is 9.33. The number of unbranched alkanes of at least 4 members (excludes halogenated alkanes) is 7. The van der Waals surface area contributed by atoms with Crippen LogP contribution in [0.1, 0.15) is 61.7 Å². The van der Waals surface area contributed by atoms with Crippen LogP contribution in [0.15, 0.2) is 30.3 Å². The molecule has 2 nitrogen and oxygen atoms in total. The number of rotatable bonds is 8. The lowest BCUT2D eigenvalue weighted by atomic mass is 10.1. The average molecular weight is 282 g/mol. The molecule has 110 valence electrons. The van der Waals surface area contributed by atoms with Crippen molar-refractivity contribution in [3.05, 3.63) is 35.9 Å². The van der Waals surface area contributed by atoms with Gasteiger partial charge in [0.2, 0.25) is 0 Å². The molecule has 0 aliphatic rings. The number of hydrogen-bond donors (Lipinski definition) is 0. The van der Waals surface area contributed by atoms with Crippen LogP contribution >= 0.6 is 0 Å². The summed E-state index contributed by atoms with van der Waals surface area (Å²) >= 11 is 0. The van der Waals surface area contributed by atoms with E-state index in [-0.39, 0.29) is 0 Å². The van der Waals surface area contributed by atoms with Crippen LogP contribution in [0.2, 0.25) is 0 Å². The van der Waals surface area contributed by atoms with Gasteiger partial charge >= 0.3 is 5.97 Å². The molecule has 0 saturated carbocycles. The van der Waals surface area contributed by atoms with Gasteiger partial charge in [-0.3, -0.25) is 0 Å². The van der Waals surface area contributed by atoms with Crippen molar-refractivity contribution in [2.75, 3.05) is 0 Å². The summed E-state index contributed by atoms with van der Waals surface area (Å²) in [7, 11) is 0. The van der Waals surface area contributed by atoms with E-state index in [1.807, 2.05) is 6.07 Å². The molecule has 2 heteroatoms. The van der Waals surface area contributed by atoms with Gasteiger partial charge in [0.25, 0.3) is 0 Å². The second kappa shape index (κ2) is 11.6. The Bertz CT molecular complexity index is 500. The van der Waals surface area contributed by atoms with E-state index in [4.69, 9.17) is 11.2 Å². The SMILES string of the molecule is C#CCCCCCCCCC#COC(=O)c1ccccc1. The van der Waals surface area contributed by atoms with Crippen molar-refractivity contribution in [2.24, 2.45) is 0 Å². The molecule has 0 aromatic heterocycles. The molecule has 0 radical (unpaired) electrons. The summed E-state index contributed by atoms with van der Waals surface area (Å²) in [6.07, 6.45) is 16.3. The maximum absolute atomic E-state index is 11.6. The van der Waals surface area contributed by atoms with Gasteiger partial charge in [0.15, 0.2) is 0 Å². The van der Waals surface area contributed by atoms with E-state index in [9.17, 15) is 4.79 Å². The van der Waals surface area contributed by atoms with Crippen molar-refractivity contribution < 1.29 is 9.53 Å². The number of carbonyl (C=O) groups excluding carboxylic acids is 1. The average Bonchev–Trinajstić information content (AvgIpc) is 2.53. The predicted octanol–water partition coefficient (Wildman–Crippen LogP) is 4.56. The third kappa shape index (κ3) is 8.56. The molecule has 0 aliphatic carbocycles. The molecule has 0 atom stereocenters. The van der Waals surface area contributed by atoms with Gasteiger partial charge in [0.1, 0.15) is 6.11 Å². The quantitative estimate of drug-likeness (QED) is 0.397. The number of terminal acetylenes is 1. The second-order valence-corrected chi connectivity index (χ2v) is 4.86. The first kappa shape index (κ1) is 16.9. The molecule has 21 heavy (non-hydrogen) atoms. The van der Waals surface area contributed by atoms with E-state index < -0.39 is 5.97 Å². The standard InChI is InChI=1S/C19H22O2/c1-2-3-4-5-6-7-8-9-10-14-17-21-19(20)18-15-12-11-13-16-18/h1,11-13,15-16H,3-10H2. The Morgan fingerprint density at radius 3 is 2.24 bits per heavy atom. The molecule has 1 rings (SSSR count). The first-order valence-corrected chi connectivity index (χ1v) is 7.52. The largest absolute Gasteiger partial charge is 0.369 e. The van der Waals surface area contributed by atoms with Crippen molar-refractivity contribution in [1.29, 1.82) is 0 Å². The van der Waals surface area contributed by atoms with Gasteiger partial charge in [-0.1, -0.05) is 49.8 Å². The molecule has 1 aromatic rings. The summed E-state index contributed by atoms with van der Waals surface area (Å²) in [5, 5.41) is 0. The fourth-order valence-corrected chi connectivity index (χ4v) is 1.91. The number of ether oxygens (including phenoxy) is 1. The predicted molar refractivity (Wildman–Crippen MR) is 85.4 cm³/mol. The highest BCUT2D eigenvalue weighted by molar-refractivity contribution is 5.89. The number of benzene rings is 1. The molecule has 1 aromatic carbocycles. The molecular formula is C19H22O2. The zero-order valence-electron chi connectivity index (χ0n) is 12.4. The molecular weight excluding hydrogens is 260 g/mol. The minimum atomic E-state index is -0.392. The van der Waals surface area contributed by atoms with E-state index in [0.717, 1.165) is 32.1 Å². The van der Waals surface area contributed by atoms with Crippen molar-refractivity contribution in [3.8, 4) is 24.4 Å². The Labute approximate surface area is 127 Å². The van der Waals surface area contributed by atoms with Crippen molar-refractivity contribution >= 4 is 5.97 Å². The summed E-state index contributed by atoms with van der Waals surface area (Å²) in [5.74, 6) is 5.14. The summed E-state index contributed by atoms with van der Waals surface area (Å²) < 4.78 is 4.88. The normalized spacial score (nSPS) is 9.29. The Hall–Kier alpha value is -2.19. The lowest BCUT2D eigenvalue weighted by Gasteiger charge is -1.98. The third-order valence-electron chi connectivity index (χ3n) is 3.10. The van der Waals surface area contributed by atoms with Crippen LogP contribution in [0.4, 0.5) is 0 Å². The monoisotopic (exact) mass is 282 g/mol. The van der Waals surface area contributed by atoms with Gasteiger partial charge < -0.3 is 4.74 Å². The molecule has 0 heterocycles. The third-order valence-corrected chi connectivity index (χ3v) is 3.10. The van der Waals surface area contributed by atoms with Gasteiger partial charge in [-0.2, -0.15) is 0 Å². The summed E-state index contributed by atoms with van der Waals surface area (Å²) in [5.41, 5.74) is 0.527. The summed E-state index contributed by atoms with van der Waals surface area (Å²) in [6.45, 7) is 0. The fourth-order valence-electron chi connectivity index (χ4n) is 1.91. The van der Waals surface area contributed by atoms with Crippen molar-refractivity contribution in [1.82, 2.24) is 0 Å². The van der Waals surface area contributed by atoms with Gasteiger partial charge in [0, 0.05) is 12.8 Å². The van der Waals surface area contributed by atoms with E-state index in [1.165, 1.54) is 19.3 Å². The topological polar surface area (TPSA) is 26.3 Å². The maximum Gasteiger partial charge on any atom is 0.352 e. The zero-order chi connectivity index (χ0) is 15.2. The lowest BCUT2D eigenvalue weighted by Crippen LogP contribution is -1.99. The highest BCUT2D eigenvalue weighted by Gasteiger charge is 2.03. The minimum Gasteiger partial charge on any atom is -0.369 e. The number of esters is 1. The van der Waals surface area contributed by atoms with E-state index >= 15 is 0 Å². The highest BCUT2D eigenvalue weighted by Crippen LogP contribution is 2.07. The van der Waals surface area contributed by atoms with E-state index in [0.29, 0.717) is 5.56 Å². The first-order chi connectivity index (χ1) is 10.3. The second-order valence-electron chi connectivity index (χ2n) is 4.86. The van der Waals surface area contributed by atoms with Crippen LogP contribution in [-0.4, -0.2) is 5.97 Å². The van der Waals surface area contributed by atoms with Gasteiger partial charge in [-0.05, 0) is 25.0 Å². The molecule has 0 bridgehead atoms. The summed E-state index contributed by atoms with van der Waals surface area (Å²) in [4.78, 5) is 11.6. The van der Waals surface area contributed by atoms with Crippen LogP contribution in [0.5, 0.6) is 0 Å². The Morgan fingerprint density at radius 1 is 0.952 bits per heavy atom. The molecule has 0 spiro atoms. The number of hydrogen-bond acceptors (Lipinski definition) is 2. The molecule has 0 amide bonds. The smallest absolute Gasteiger partial charge is 0.352 e. The molecule has 0 aliphatic heterocycles. The van der Waals surface area contributed by atoms with E-state index in [1.54, 1.807) is 24.3 Å². The van der Waals surface area contributed by atoms with Gasteiger partial charge in [0.05, 0.1) is 5.56 Å². The lowest BCUT2D eigenvalue weighted by molar-refractivity contribution is 0.0690. The van der Waals surface area contributed by atoms with Gasteiger partial charge in [-0.25, -0.2) is 4.79 Å². The van der Waals surface area contributed by atoms with E-state index in [2.05, 4.69) is 17.9 Å². The maximum atomic E-state index is 11.6. The van der Waals surface area contributed by atoms with Gasteiger partial charge in [-0.15, -0.1) is 12.3 Å². The Morgan fingerprint density at radius 2 is 1.57 bits per heavy atom. The Balaban J connectivity index is 2.01. The minimum absolute atomic E-state index is 0.392. The van der Waals surface area contributed by atoms with Crippen molar-refractivity contribution in [2.45, 2.75) is 51.4 Å². The first-order valence-electron chi connectivity index (χ1n) is 7.52. The van der Waals surface area contributed by atoms with Crippen LogP contribution in [0, 0.1) is 24.4 Å². The zero-order valence-corrected chi connectivity index (χ0v) is 12.4. The van der Waals surface area contributed by atoms with Crippen LogP contribution in [-0.2, 0) is 4.74 Å². The van der Waals surface area contributed by atoms with Crippen LogP contribution < -0.4 is 0 Å². The molecule has 0 saturated heterocycles. The summed E-state index contributed by atoms with van der Waals surface area (Å²) in [6, 6.07) is 8.88. The highest BCUT2D eigenvalue weighted by atomic mass is 16.5. The fraction of sp³-hybridized carbons (Fsp3) is 0.421. The van der Waals surface area contributed by atoms with Crippen LogP contribution in [0.3, 0.4) is 0 Å². The van der Waals surface area contributed by atoms with Crippen molar-refractivity contribution in [3.63, 3.8) is 0 Å². The molecule has 0 N–H and O–H groups in total. The molecule has 0 fully saturated rings. The molecule has 0 unspecified atom stereocenters.